The van der Waals surface area contributed by atoms with Gasteiger partial charge in [0.1, 0.15) is 5.75 Å². The molecule has 4 saturated carbocycles. The first-order valence-electron chi connectivity index (χ1n) is 23.5. The molecule has 10 atom stereocenters. The molecule has 8 rings (SSSR count). The van der Waals surface area contributed by atoms with Gasteiger partial charge in [-0.2, -0.15) is 0 Å². The minimum absolute atomic E-state index is 0.0405. The number of carbonyl (C=O) groups is 1. The van der Waals surface area contributed by atoms with E-state index in [1.54, 1.807) is 25.4 Å². The van der Waals surface area contributed by atoms with Crippen LogP contribution >= 0.6 is 0 Å². The third-order valence-corrected chi connectivity index (χ3v) is 19.2. The van der Waals surface area contributed by atoms with Gasteiger partial charge in [-0.15, -0.1) is 0 Å². The lowest BCUT2D eigenvalue weighted by atomic mass is 9.33. The van der Waals surface area contributed by atoms with E-state index in [9.17, 15) is 9.90 Å². The van der Waals surface area contributed by atoms with Crippen molar-refractivity contribution in [2.75, 3.05) is 39.9 Å². The van der Waals surface area contributed by atoms with Gasteiger partial charge >= 0.3 is 5.97 Å². The van der Waals surface area contributed by atoms with Gasteiger partial charge in [-0.05, 0) is 185 Å². The van der Waals surface area contributed by atoms with Crippen molar-refractivity contribution in [2.45, 2.75) is 150 Å². The molecule has 320 valence electrons. The Labute approximate surface area is 351 Å². The minimum atomic E-state index is -0.820. The number of nitrogens with zero attached hydrogens (tertiary/aromatic N) is 2. The average molecular weight is 796 g/mol. The number of likely N-dealkylation sites (tertiary alicyclic amines) is 1. The molecule has 2 heterocycles. The van der Waals surface area contributed by atoms with E-state index in [0.717, 1.165) is 25.3 Å². The van der Waals surface area contributed by atoms with Crippen LogP contribution in [0.25, 0.3) is 0 Å². The average Bonchev–Trinajstić information content (AvgIpc) is 3.59. The number of aliphatic carboxylic acids is 1. The van der Waals surface area contributed by atoms with Crippen LogP contribution < -0.4 is 14.8 Å². The topological polar surface area (TPSA) is 83.9 Å². The van der Waals surface area contributed by atoms with Gasteiger partial charge in [0.2, 0.25) is 5.88 Å². The Balaban J connectivity index is 0.993. The minimum Gasteiger partial charge on any atom is -0.497 e. The fraction of sp³-hybridized carbons (Fsp3) is 0.765. The first-order chi connectivity index (χ1) is 27.6. The van der Waals surface area contributed by atoms with E-state index in [-0.39, 0.29) is 16.4 Å². The van der Waals surface area contributed by atoms with Crippen molar-refractivity contribution in [1.29, 1.82) is 0 Å². The maximum absolute atomic E-state index is 12.8. The van der Waals surface area contributed by atoms with Crippen molar-refractivity contribution in [2.24, 2.45) is 56.7 Å². The first kappa shape index (κ1) is 42.1. The van der Waals surface area contributed by atoms with E-state index in [0.29, 0.717) is 72.0 Å². The first-order valence-corrected chi connectivity index (χ1v) is 23.5. The van der Waals surface area contributed by atoms with E-state index >= 15 is 0 Å². The highest BCUT2D eigenvalue weighted by molar-refractivity contribution is 5.75. The highest BCUT2D eigenvalue weighted by Gasteiger charge is 2.70. The number of rotatable bonds is 12. The van der Waals surface area contributed by atoms with Crippen molar-refractivity contribution in [3.63, 3.8) is 0 Å². The normalized spacial score (nSPS) is 40.8. The summed E-state index contributed by atoms with van der Waals surface area (Å²) in [5, 5.41) is 14.9. The second-order valence-corrected chi connectivity index (χ2v) is 21.9. The quantitative estimate of drug-likeness (QED) is 0.204. The lowest BCUT2D eigenvalue weighted by Crippen LogP contribution is -2.68. The summed E-state index contributed by atoms with van der Waals surface area (Å²) in [5.41, 5.74) is 4.72. The molecule has 1 aromatic heterocycles. The van der Waals surface area contributed by atoms with Crippen LogP contribution in [0.3, 0.4) is 0 Å². The van der Waals surface area contributed by atoms with Crippen molar-refractivity contribution in [1.82, 2.24) is 15.2 Å². The van der Waals surface area contributed by atoms with E-state index < -0.39 is 11.4 Å². The molecule has 5 fully saturated rings. The number of hydrogen-bond donors (Lipinski definition) is 2. The largest absolute Gasteiger partial charge is 0.497 e. The van der Waals surface area contributed by atoms with Crippen LogP contribution in [-0.2, 0) is 4.79 Å². The number of ether oxygens (including phenoxy) is 2. The molecule has 1 aliphatic heterocycles. The second-order valence-electron chi connectivity index (χ2n) is 21.9. The Morgan fingerprint density at radius 3 is 2.45 bits per heavy atom. The molecule has 7 heteroatoms. The summed E-state index contributed by atoms with van der Waals surface area (Å²) in [7, 11) is 1.62. The summed E-state index contributed by atoms with van der Waals surface area (Å²) in [6.45, 7) is 25.5. The summed E-state index contributed by atoms with van der Waals surface area (Å²) >= 11 is 0. The second kappa shape index (κ2) is 15.7. The zero-order valence-corrected chi connectivity index (χ0v) is 37.4. The summed E-state index contributed by atoms with van der Waals surface area (Å²) in [6.07, 6.45) is 24.9. The molecule has 7 aliphatic rings. The lowest BCUT2D eigenvalue weighted by Gasteiger charge is -2.72. The molecule has 0 amide bonds. The number of carboxylic acids is 1. The van der Waals surface area contributed by atoms with Gasteiger partial charge < -0.3 is 24.8 Å². The molecule has 1 unspecified atom stereocenters. The Morgan fingerprint density at radius 2 is 1.74 bits per heavy atom. The fourth-order valence-electron chi connectivity index (χ4n) is 15.9. The SMILES string of the molecule is C=C(C)[C@@H]1CC[C@]2(NCCN3CCCCC3)CC[C@]3(C)[C@H](CC[C@@H]4[C@@]5(C)CC=C(C6=CCC(CCOc7cc(OC)ccn7)(C(=O)O)CC6)C(C)(C)[C@@H]5CC[C@]43C)[C@@H]12. The maximum atomic E-state index is 12.8. The van der Waals surface area contributed by atoms with Crippen LogP contribution in [0.4, 0.5) is 0 Å². The molecule has 0 radical (unpaired) electrons. The number of fused-ring (bicyclic) bond motifs is 7. The summed E-state index contributed by atoms with van der Waals surface area (Å²) in [5.74, 6) is 3.84. The predicted molar refractivity (Wildman–Crippen MR) is 234 cm³/mol. The molecule has 1 saturated heterocycles. The van der Waals surface area contributed by atoms with Crippen LogP contribution in [0.1, 0.15) is 144 Å². The van der Waals surface area contributed by atoms with Gasteiger partial charge in [0.05, 0.1) is 19.1 Å². The number of allylic oxidation sites excluding steroid dienone is 5. The Hall–Kier alpha value is -2.64. The number of piperidine rings is 1. The Morgan fingerprint density at radius 1 is 0.948 bits per heavy atom. The standard InChI is InChI=1S/C51H77N3O4/c1-35(2)38-16-24-51(53-29-32-54-30-10-9-11-31-54)26-25-48(6)40(44(38)51)12-13-42-47(5)20-17-39(46(3,4)41(47)18-21-49(42,48)7)36-14-22-50(23-15-36,45(55)56)27-33-58-43-34-37(57-8)19-28-52-43/h14,17,19,28,34,38,40-42,44,53H,1,9-13,15-16,18,20-27,29-33H2,2-8H3,(H,55,56)/t38-,40+,41-,42+,44+,47-,48+,49+,50?,51-/m0/s1. The number of nitrogens with one attached hydrogen (secondary N) is 1. The van der Waals surface area contributed by atoms with E-state index in [1.165, 1.54) is 107 Å². The zero-order valence-electron chi connectivity index (χ0n) is 37.4. The zero-order chi connectivity index (χ0) is 41.1. The van der Waals surface area contributed by atoms with Crippen molar-refractivity contribution in [3.05, 3.63) is 53.8 Å². The van der Waals surface area contributed by atoms with Gasteiger partial charge in [-0.3, -0.25) is 4.79 Å². The summed E-state index contributed by atoms with van der Waals surface area (Å²) in [4.78, 5) is 19.8. The van der Waals surface area contributed by atoms with Crippen molar-refractivity contribution >= 4 is 5.97 Å². The van der Waals surface area contributed by atoms with Crippen LogP contribution in [-0.4, -0.2) is 66.4 Å². The summed E-state index contributed by atoms with van der Waals surface area (Å²) < 4.78 is 11.3. The molecule has 1 aromatic rings. The Kier molecular flexibility index (Phi) is 11.4. The molecular weight excluding hydrogens is 719 g/mol. The maximum Gasteiger partial charge on any atom is 0.310 e. The number of methoxy groups -OCH3 is 1. The molecule has 58 heavy (non-hydrogen) atoms. The van der Waals surface area contributed by atoms with E-state index in [4.69, 9.17) is 9.47 Å². The fourth-order valence-corrected chi connectivity index (χ4v) is 15.9. The molecule has 0 aromatic carbocycles. The number of carboxylic acid groups (broad SMARTS) is 1. The Bertz CT molecular complexity index is 1780. The molecule has 0 spiro atoms. The molecule has 6 aliphatic carbocycles. The third-order valence-electron chi connectivity index (χ3n) is 19.2. The smallest absolute Gasteiger partial charge is 0.310 e. The summed E-state index contributed by atoms with van der Waals surface area (Å²) in [6, 6.07) is 3.53. The van der Waals surface area contributed by atoms with Crippen LogP contribution in [0.2, 0.25) is 0 Å². The van der Waals surface area contributed by atoms with Gasteiger partial charge in [0, 0.05) is 30.9 Å². The van der Waals surface area contributed by atoms with Gasteiger partial charge in [0.25, 0.3) is 0 Å². The van der Waals surface area contributed by atoms with Crippen LogP contribution in [0.15, 0.2) is 53.8 Å². The predicted octanol–water partition coefficient (Wildman–Crippen LogP) is 11.1. The highest BCUT2D eigenvalue weighted by Crippen LogP contribution is 2.76. The number of hydrogen-bond acceptors (Lipinski definition) is 6. The lowest BCUT2D eigenvalue weighted by molar-refractivity contribution is -0.221. The number of aromatic nitrogens is 1. The molecule has 0 bridgehead atoms. The number of pyridine rings is 1. The van der Waals surface area contributed by atoms with Crippen LogP contribution in [0.5, 0.6) is 11.6 Å². The molecule has 7 nitrogen and oxygen atoms in total. The molecule has 2 N–H and O–H groups in total. The van der Waals surface area contributed by atoms with E-state index in [1.807, 2.05) is 0 Å². The van der Waals surface area contributed by atoms with Gasteiger partial charge in [0.15, 0.2) is 0 Å². The van der Waals surface area contributed by atoms with E-state index in [2.05, 4.69) is 75.5 Å². The third kappa shape index (κ3) is 6.83. The van der Waals surface area contributed by atoms with Crippen LogP contribution in [0, 0.1) is 56.7 Å². The van der Waals surface area contributed by atoms with Crippen molar-refractivity contribution < 1.29 is 19.4 Å². The van der Waals surface area contributed by atoms with Gasteiger partial charge in [-0.25, -0.2) is 4.98 Å². The highest BCUT2D eigenvalue weighted by atomic mass is 16.5. The van der Waals surface area contributed by atoms with Gasteiger partial charge in [-0.1, -0.05) is 65.3 Å². The van der Waals surface area contributed by atoms with Crippen molar-refractivity contribution in [3.8, 4) is 11.6 Å². The monoisotopic (exact) mass is 796 g/mol. The molecular formula is C51H77N3O4.